The summed E-state index contributed by atoms with van der Waals surface area (Å²) in [6, 6.07) is 0. The van der Waals surface area contributed by atoms with Crippen molar-refractivity contribution in [3.8, 4) is 0 Å². The predicted molar refractivity (Wildman–Crippen MR) is 44.3 cm³/mol. The normalized spacial score (nSPS) is 32.5. The largest absolute Gasteiger partial charge is 0.330 e. The lowest BCUT2D eigenvalue weighted by Crippen LogP contribution is -1.99. The third kappa shape index (κ3) is 6.66. The molecule has 0 aromatic heterocycles. The van der Waals surface area contributed by atoms with E-state index in [1.54, 1.807) is 6.92 Å². The molecule has 0 aliphatic heterocycles. The van der Waals surface area contributed by atoms with Crippen LogP contribution in [0.1, 0.15) is 20.2 Å². The quantitative estimate of drug-likeness (QED) is 0.614. The van der Waals surface area contributed by atoms with E-state index < -0.39 is 24.4 Å². The van der Waals surface area contributed by atoms with Crippen LogP contribution in [-0.4, -0.2) is 18.0 Å². The predicted octanol–water partition coefficient (Wildman–Crippen LogP) is 1.74. The summed E-state index contributed by atoms with van der Waals surface area (Å²) in [5.41, 5.74) is 2.51. The van der Waals surface area contributed by atoms with E-state index in [1.165, 1.54) is 0 Å². The molecule has 3 heteroatoms. The zero-order chi connectivity index (χ0) is 10.6. The molecule has 0 fully saturated rings. The fourth-order valence-electron chi connectivity index (χ4n) is 0.139. The van der Waals surface area contributed by atoms with Crippen molar-refractivity contribution in [3.63, 3.8) is 0 Å². The number of hydrogen-bond donors (Lipinski definition) is 1. The second-order valence-electron chi connectivity index (χ2n) is 0.933. The van der Waals surface area contributed by atoms with Crippen LogP contribution < -0.4 is 5.73 Å². The van der Waals surface area contributed by atoms with Gasteiger partial charge >= 0.3 is 0 Å². The molecule has 0 saturated heterocycles. The summed E-state index contributed by atoms with van der Waals surface area (Å²) < 4.78 is 36.0. The second kappa shape index (κ2) is 7.66. The van der Waals surface area contributed by atoms with Crippen LogP contribution in [0.25, 0.3) is 0 Å². The summed E-state index contributed by atoms with van der Waals surface area (Å²) in [7, 11) is 1.69. The van der Waals surface area contributed by atoms with Gasteiger partial charge in [-0.2, -0.15) is 0 Å². The molecule has 0 aliphatic rings. The fourth-order valence-corrected chi connectivity index (χ4v) is 1.25. The first-order chi connectivity index (χ1) is 5.77. The topological polar surface area (TPSA) is 26.0 Å². The van der Waals surface area contributed by atoms with Gasteiger partial charge in [-0.15, -0.1) is 0 Å². The lowest BCUT2D eigenvalue weighted by atomic mass is 10.6. The standard InChI is InChI=1S/C5H13NS2/c1-2-4-7-8-5-3-6/h2-6H2,1H3/i2D,3D,4D,5D2. The van der Waals surface area contributed by atoms with Crippen molar-refractivity contribution in [2.24, 2.45) is 5.73 Å². The average Bonchev–Trinajstić information content (AvgIpc) is 1.99. The summed E-state index contributed by atoms with van der Waals surface area (Å²) >= 11 is 0. The van der Waals surface area contributed by atoms with Crippen molar-refractivity contribution >= 4 is 21.6 Å². The van der Waals surface area contributed by atoms with E-state index >= 15 is 0 Å². The molecule has 1 nitrogen and oxygen atoms in total. The van der Waals surface area contributed by atoms with Gasteiger partial charge in [0.2, 0.25) is 0 Å². The van der Waals surface area contributed by atoms with Gasteiger partial charge < -0.3 is 5.73 Å². The Kier molecular flexibility index (Phi) is 3.04. The van der Waals surface area contributed by atoms with Gasteiger partial charge in [0, 0.05) is 24.8 Å². The highest BCUT2D eigenvalue weighted by atomic mass is 33.1. The van der Waals surface area contributed by atoms with Gasteiger partial charge in [0.25, 0.3) is 0 Å². The van der Waals surface area contributed by atoms with E-state index in [0.717, 1.165) is 21.6 Å². The molecule has 2 N–H and O–H groups in total. The summed E-state index contributed by atoms with van der Waals surface area (Å²) in [6.07, 6.45) is -0.574. The SMILES string of the molecule is [2H]C(C)C([2H])SSC([2H])([2H])C([2H])N. The first-order valence-corrected chi connectivity index (χ1v) is 4.35. The Labute approximate surface area is 66.2 Å². The Bertz CT molecular complexity index is 154. The lowest BCUT2D eigenvalue weighted by molar-refractivity contribution is 1.11. The van der Waals surface area contributed by atoms with E-state index in [0.29, 0.717) is 0 Å². The maximum absolute atomic E-state index is 7.33. The van der Waals surface area contributed by atoms with Crippen LogP contribution in [-0.2, 0) is 0 Å². The molecule has 0 aromatic rings. The van der Waals surface area contributed by atoms with Gasteiger partial charge in [0.1, 0.15) is 0 Å². The molecule has 8 heavy (non-hydrogen) atoms. The van der Waals surface area contributed by atoms with Crippen LogP contribution in [0.2, 0.25) is 0 Å². The van der Waals surface area contributed by atoms with Gasteiger partial charge in [0.15, 0.2) is 0 Å². The Balaban J connectivity index is 3.88. The first-order valence-electron chi connectivity index (χ1n) is 4.87. The van der Waals surface area contributed by atoms with Crippen LogP contribution in [0.5, 0.6) is 0 Å². The smallest absolute Gasteiger partial charge is 0.0434 e. The second-order valence-corrected chi connectivity index (χ2v) is 2.88. The van der Waals surface area contributed by atoms with E-state index in [9.17, 15) is 0 Å². The van der Waals surface area contributed by atoms with Crippen LogP contribution >= 0.6 is 21.6 Å². The Hall–Kier alpha value is 0.660. The zero-order valence-corrected chi connectivity index (χ0v) is 6.26. The molecule has 0 saturated carbocycles. The van der Waals surface area contributed by atoms with Crippen LogP contribution in [0, 0.1) is 0 Å². The maximum atomic E-state index is 7.33. The van der Waals surface area contributed by atoms with Gasteiger partial charge in [-0.05, 0) is 6.40 Å². The molecule has 3 atom stereocenters. The minimum Gasteiger partial charge on any atom is -0.330 e. The van der Waals surface area contributed by atoms with Crippen molar-refractivity contribution in [2.45, 2.75) is 13.3 Å². The third-order valence-electron chi connectivity index (χ3n) is 0.356. The molecule has 0 bridgehead atoms. The summed E-state index contributed by atoms with van der Waals surface area (Å²) in [6.45, 7) is 0.250. The maximum Gasteiger partial charge on any atom is 0.0434 e. The molecule has 3 unspecified atom stereocenters. The monoisotopic (exact) mass is 156 g/mol. The van der Waals surface area contributed by atoms with Gasteiger partial charge in [-0.3, -0.25) is 0 Å². The Morgan fingerprint density at radius 2 is 2.38 bits per heavy atom. The average molecular weight is 156 g/mol. The van der Waals surface area contributed by atoms with Crippen molar-refractivity contribution in [3.05, 3.63) is 0 Å². The minimum atomic E-state index is -1.86. The minimum absolute atomic E-state index is 0.574. The van der Waals surface area contributed by atoms with Crippen molar-refractivity contribution in [1.82, 2.24) is 0 Å². The fraction of sp³-hybridized carbons (Fsp3) is 1.00. The molecule has 50 valence electrons. The van der Waals surface area contributed by atoms with Crippen molar-refractivity contribution in [1.29, 1.82) is 0 Å². The Morgan fingerprint density at radius 1 is 1.62 bits per heavy atom. The van der Waals surface area contributed by atoms with Crippen LogP contribution in [0.4, 0.5) is 0 Å². The van der Waals surface area contributed by atoms with Gasteiger partial charge in [-0.1, -0.05) is 28.5 Å². The van der Waals surface area contributed by atoms with Gasteiger partial charge in [0.05, 0.1) is 0 Å². The van der Waals surface area contributed by atoms with E-state index in [4.69, 9.17) is 12.6 Å². The lowest BCUT2D eigenvalue weighted by Gasteiger charge is -1.93. The zero-order valence-electron chi connectivity index (χ0n) is 9.63. The number of hydrogen-bond acceptors (Lipinski definition) is 3. The molecule has 0 rings (SSSR count). The van der Waals surface area contributed by atoms with Crippen LogP contribution in [0.3, 0.4) is 0 Å². The van der Waals surface area contributed by atoms with Gasteiger partial charge in [-0.25, -0.2) is 0 Å². The number of nitrogens with two attached hydrogens (primary N) is 1. The van der Waals surface area contributed by atoms with E-state index in [1.807, 2.05) is 0 Å². The molecule has 0 heterocycles. The Morgan fingerprint density at radius 3 is 2.88 bits per heavy atom. The first kappa shape index (κ1) is 3.17. The molecule has 0 aliphatic carbocycles. The molecular formula is C5H13NS2. The molecule has 0 amide bonds. The molecule has 0 aromatic carbocycles. The molecular weight excluding hydrogens is 138 g/mol. The highest BCUT2D eigenvalue weighted by Gasteiger charge is 1.83. The van der Waals surface area contributed by atoms with E-state index in [-0.39, 0.29) is 0 Å². The number of rotatable bonds is 5. The van der Waals surface area contributed by atoms with Crippen molar-refractivity contribution < 1.29 is 6.85 Å². The molecule has 0 radical (unpaired) electrons. The summed E-state index contributed by atoms with van der Waals surface area (Å²) in [5.74, 6) is 0. The van der Waals surface area contributed by atoms with Crippen LogP contribution in [0.15, 0.2) is 0 Å². The highest BCUT2D eigenvalue weighted by molar-refractivity contribution is 8.76. The summed E-state index contributed by atoms with van der Waals surface area (Å²) in [5, 5.41) is 0. The van der Waals surface area contributed by atoms with E-state index in [2.05, 4.69) is 0 Å². The summed E-state index contributed by atoms with van der Waals surface area (Å²) in [4.78, 5) is 0. The van der Waals surface area contributed by atoms with Crippen molar-refractivity contribution in [2.75, 3.05) is 18.0 Å². The highest BCUT2D eigenvalue weighted by Crippen LogP contribution is 2.20. The molecule has 0 spiro atoms. The third-order valence-corrected chi connectivity index (χ3v) is 1.98.